The number of ketones is 1. The topological polar surface area (TPSA) is 81.0 Å². The molecule has 0 N–H and O–H groups in total. The maximum atomic E-state index is 13.8. The first-order valence-electron chi connectivity index (χ1n) is 12.4. The van der Waals surface area contributed by atoms with Crippen molar-refractivity contribution in [1.29, 1.82) is 0 Å². The van der Waals surface area contributed by atoms with E-state index in [1.807, 2.05) is 34.6 Å². The van der Waals surface area contributed by atoms with Gasteiger partial charge in [-0.15, -0.1) is 10.2 Å². The Hall–Kier alpha value is -2.22. The number of carbonyl (C=O) groups excluding carboxylic acids is 2. The normalized spacial score (nSPS) is 31.4. The van der Waals surface area contributed by atoms with Crippen LogP contribution in [0.15, 0.2) is 29.6 Å². The number of Topliss-reactive ketones (excluding diaryl/α,β-unsaturated/α-hetero) is 1. The van der Waals surface area contributed by atoms with Crippen molar-refractivity contribution in [3.05, 3.63) is 30.2 Å². The molecule has 33 heavy (non-hydrogen) atoms. The standard InChI is InChI=1S/C25H31N5O2S/c1-16(23(32)25-12-17-9-18(13-25)11-19(10-17)14-25)33-24-28-27-21(15-29-8-4-6-22(29)31)30(24)20-5-2-3-7-26-20/h2-3,5,7,16-19H,4,6,8-15H2,1H3. The largest absolute Gasteiger partial charge is 0.335 e. The highest BCUT2D eigenvalue weighted by atomic mass is 32.2. The van der Waals surface area contributed by atoms with Crippen molar-refractivity contribution in [1.82, 2.24) is 24.6 Å². The lowest BCUT2D eigenvalue weighted by molar-refractivity contribution is -0.143. The number of amides is 1. The maximum absolute atomic E-state index is 13.8. The zero-order valence-corrected chi connectivity index (χ0v) is 20.0. The Morgan fingerprint density at radius 1 is 1.15 bits per heavy atom. The summed E-state index contributed by atoms with van der Waals surface area (Å²) in [4.78, 5) is 32.4. The predicted octanol–water partition coefficient (Wildman–Crippen LogP) is 4.05. The van der Waals surface area contributed by atoms with Gasteiger partial charge in [0.2, 0.25) is 5.91 Å². The number of hydrogen-bond donors (Lipinski definition) is 0. The molecule has 4 bridgehead atoms. The Morgan fingerprint density at radius 2 is 1.88 bits per heavy atom. The fourth-order valence-corrected chi connectivity index (χ4v) is 8.36. The molecule has 5 fully saturated rings. The monoisotopic (exact) mass is 465 g/mol. The van der Waals surface area contributed by atoms with Crippen molar-refractivity contribution in [2.24, 2.45) is 23.2 Å². The molecule has 1 amide bonds. The van der Waals surface area contributed by atoms with E-state index in [-0.39, 0.29) is 16.6 Å². The average molecular weight is 466 g/mol. The fourth-order valence-electron chi connectivity index (χ4n) is 7.29. The van der Waals surface area contributed by atoms with Crippen molar-refractivity contribution in [3.63, 3.8) is 0 Å². The molecule has 5 aliphatic rings. The quantitative estimate of drug-likeness (QED) is 0.574. The van der Waals surface area contributed by atoms with Crippen LogP contribution >= 0.6 is 11.8 Å². The van der Waals surface area contributed by atoms with Gasteiger partial charge in [-0.2, -0.15) is 0 Å². The first-order chi connectivity index (χ1) is 16.0. The number of rotatable bonds is 7. The Kier molecular flexibility index (Phi) is 5.31. The minimum atomic E-state index is -0.186. The molecule has 7 nitrogen and oxygen atoms in total. The highest BCUT2D eigenvalue weighted by Crippen LogP contribution is 2.61. The second-order valence-corrected chi connectivity index (χ2v) is 12.0. The van der Waals surface area contributed by atoms with Crippen LogP contribution in [-0.2, 0) is 16.1 Å². The van der Waals surface area contributed by atoms with E-state index in [2.05, 4.69) is 15.2 Å². The molecular weight excluding hydrogens is 434 g/mol. The smallest absolute Gasteiger partial charge is 0.223 e. The van der Waals surface area contributed by atoms with Gasteiger partial charge in [-0.25, -0.2) is 4.98 Å². The molecule has 2 aromatic rings. The zero-order valence-electron chi connectivity index (χ0n) is 19.2. The van der Waals surface area contributed by atoms with E-state index in [0.29, 0.717) is 29.7 Å². The molecule has 0 spiro atoms. The number of hydrogen-bond acceptors (Lipinski definition) is 6. The van der Waals surface area contributed by atoms with Gasteiger partial charge in [0.15, 0.2) is 16.8 Å². The van der Waals surface area contributed by atoms with E-state index in [9.17, 15) is 9.59 Å². The third-order valence-electron chi connectivity index (χ3n) is 8.29. The van der Waals surface area contributed by atoms with Gasteiger partial charge in [0.25, 0.3) is 0 Å². The summed E-state index contributed by atoms with van der Waals surface area (Å²) < 4.78 is 1.93. The summed E-state index contributed by atoms with van der Waals surface area (Å²) in [6, 6.07) is 5.74. The predicted molar refractivity (Wildman–Crippen MR) is 125 cm³/mol. The number of pyridine rings is 1. The van der Waals surface area contributed by atoms with Gasteiger partial charge in [-0.3, -0.25) is 14.2 Å². The number of likely N-dealkylation sites (tertiary alicyclic amines) is 1. The SMILES string of the molecule is CC(Sc1nnc(CN2CCCC2=O)n1-c1ccccn1)C(=O)C12CC3CC(CC(C3)C1)C2. The van der Waals surface area contributed by atoms with Crippen molar-refractivity contribution in [2.45, 2.75) is 75.2 Å². The number of thioether (sulfide) groups is 1. The van der Waals surface area contributed by atoms with Crippen molar-refractivity contribution < 1.29 is 9.59 Å². The summed E-state index contributed by atoms with van der Waals surface area (Å²) in [5, 5.41) is 9.41. The summed E-state index contributed by atoms with van der Waals surface area (Å²) in [6.45, 7) is 3.20. The van der Waals surface area contributed by atoms with Gasteiger partial charge in [-0.1, -0.05) is 17.8 Å². The molecule has 8 heteroatoms. The maximum Gasteiger partial charge on any atom is 0.223 e. The van der Waals surface area contributed by atoms with Crippen LogP contribution in [0.2, 0.25) is 0 Å². The molecule has 4 saturated carbocycles. The Labute approximate surface area is 198 Å². The zero-order chi connectivity index (χ0) is 22.6. The van der Waals surface area contributed by atoms with Gasteiger partial charge in [0, 0.05) is 24.6 Å². The highest BCUT2D eigenvalue weighted by molar-refractivity contribution is 8.00. The summed E-state index contributed by atoms with van der Waals surface area (Å²) in [7, 11) is 0. The third-order valence-corrected chi connectivity index (χ3v) is 9.34. The average Bonchev–Trinajstić information content (AvgIpc) is 3.39. The van der Waals surface area contributed by atoms with E-state index in [1.54, 1.807) is 6.20 Å². The molecule has 1 aliphatic heterocycles. The number of aromatic nitrogens is 4. The molecule has 0 aromatic carbocycles. The van der Waals surface area contributed by atoms with E-state index < -0.39 is 0 Å². The minimum Gasteiger partial charge on any atom is -0.335 e. The van der Waals surface area contributed by atoms with Crippen LogP contribution in [-0.4, -0.2) is 48.1 Å². The van der Waals surface area contributed by atoms with Gasteiger partial charge in [0.05, 0.1) is 11.8 Å². The van der Waals surface area contributed by atoms with Crippen LogP contribution in [0.4, 0.5) is 0 Å². The highest BCUT2D eigenvalue weighted by Gasteiger charge is 2.55. The van der Waals surface area contributed by atoms with E-state index >= 15 is 0 Å². The summed E-state index contributed by atoms with van der Waals surface area (Å²) in [5.74, 6) is 4.23. The molecule has 1 unspecified atom stereocenters. The lowest BCUT2D eigenvalue weighted by Crippen LogP contribution is -2.51. The van der Waals surface area contributed by atoms with Gasteiger partial charge in [0.1, 0.15) is 5.82 Å². The fraction of sp³-hybridized carbons (Fsp3) is 0.640. The Morgan fingerprint density at radius 3 is 2.48 bits per heavy atom. The second-order valence-electron chi connectivity index (χ2n) is 10.7. The molecule has 1 saturated heterocycles. The lowest BCUT2D eigenvalue weighted by Gasteiger charge is -2.56. The van der Waals surface area contributed by atoms with Crippen LogP contribution in [0.25, 0.3) is 5.82 Å². The van der Waals surface area contributed by atoms with Crippen LogP contribution < -0.4 is 0 Å². The number of nitrogens with zero attached hydrogens (tertiary/aromatic N) is 5. The first kappa shape index (κ1) is 21.3. The second kappa shape index (κ2) is 8.22. The van der Waals surface area contributed by atoms with E-state index in [0.717, 1.165) is 55.8 Å². The lowest BCUT2D eigenvalue weighted by atomic mass is 9.48. The number of carbonyl (C=O) groups is 2. The van der Waals surface area contributed by atoms with Crippen LogP contribution in [0, 0.1) is 23.2 Å². The van der Waals surface area contributed by atoms with Crippen LogP contribution in [0.1, 0.15) is 64.1 Å². The van der Waals surface area contributed by atoms with Crippen molar-refractivity contribution in [2.75, 3.05) is 6.54 Å². The van der Waals surface area contributed by atoms with Gasteiger partial charge >= 0.3 is 0 Å². The third kappa shape index (κ3) is 3.80. The van der Waals surface area contributed by atoms with Gasteiger partial charge < -0.3 is 4.90 Å². The Balaban J connectivity index is 1.27. The Bertz CT molecular complexity index is 1030. The van der Waals surface area contributed by atoms with Crippen molar-refractivity contribution in [3.8, 4) is 5.82 Å². The molecule has 0 radical (unpaired) electrons. The molecule has 2 aromatic heterocycles. The molecule has 174 valence electrons. The minimum absolute atomic E-state index is 0.123. The van der Waals surface area contributed by atoms with E-state index in [1.165, 1.54) is 31.0 Å². The summed E-state index contributed by atoms with van der Waals surface area (Å²) >= 11 is 1.50. The molecular formula is C25H31N5O2S. The molecule has 4 aliphatic carbocycles. The van der Waals surface area contributed by atoms with Gasteiger partial charge in [-0.05, 0) is 81.8 Å². The molecule has 3 heterocycles. The molecule has 1 atom stereocenters. The summed E-state index contributed by atoms with van der Waals surface area (Å²) in [6.07, 6.45) is 10.5. The van der Waals surface area contributed by atoms with Crippen molar-refractivity contribution >= 4 is 23.5 Å². The van der Waals surface area contributed by atoms with Crippen LogP contribution in [0.5, 0.6) is 0 Å². The summed E-state index contributed by atoms with van der Waals surface area (Å²) in [5.41, 5.74) is -0.123. The van der Waals surface area contributed by atoms with Crippen LogP contribution in [0.3, 0.4) is 0 Å². The first-order valence-corrected chi connectivity index (χ1v) is 13.2. The molecule has 7 rings (SSSR count). The van der Waals surface area contributed by atoms with E-state index in [4.69, 9.17) is 0 Å².